The summed E-state index contributed by atoms with van der Waals surface area (Å²) in [5, 5.41) is 22.4. The fourth-order valence-electron chi connectivity index (χ4n) is 2.92. The van der Waals surface area contributed by atoms with Gasteiger partial charge in [0.05, 0.1) is 4.92 Å². The first-order valence-corrected chi connectivity index (χ1v) is 9.09. The van der Waals surface area contributed by atoms with Crippen LogP contribution in [0, 0.1) is 24.0 Å². The first-order chi connectivity index (χ1) is 12.9. The number of carbonyl (C=O) groups excluding carboxylic acids is 1. The Labute approximate surface area is 158 Å². The van der Waals surface area contributed by atoms with Crippen LogP contribution in [0.2, 0.25) is 0 Å². The zero-order chi connectivity index (χ0) is 20.0. The first kappa shape index (κ1) is 20.6. The van der Waals surface area contributed by atoms with Crippen LogP contribution < -0.4 is 5.32 Å². The molecular weight excluding hydrogens is 350 g/mol. The third-order valence-electron chi connectivity index (χ3n) is 4.51. The van der Waals surface area contributed by atoms with Crippen molar-refractivity contribution in [1.29, 1.82) is 0 Å². The van der Waals surface area contributed by atoms with E-state index in [4.69, 9.17) is 0 Å². The van der Waals surface area contributed by atoms with Gasteiger partial charge in [-0.2, -0.15) is 10.2 Å². The highest BCUT2D eigenvalue weighted by Crippen LogP contribution is 2.21. The average Bonchev–Trinajstić information content (AvgIpc) is 3.20. The van der Waals surface area contributed by atoms with Crippen LogP contribution in [0.25, 0.3) is 0 Å². The number of amides is 1. The molecule has 10 heteroatoms. The van der Waals surface area contributed by atoms with E-state index in [1.54, 1.807) is 26.1 Å². The first-order valence-electron chi connectivity index (χ1n) is 9.09. The maximum atomic E-state index is 12.2. The Kier molecular flexibility index (Phi) is 7.05. The molecule has 0 unspecified atom stereocenters. The van der Waals surface area contributed by atoms with Crippen LogP contribution in [0.3, 0.4) is 0 Å². The Bertz CT molecular complexity index is 793. The molecule has 1 amide bonds. The second-order valence-corrected chi connectivity index (χ2v) is 6.29. The number of hydrogen-bond acceptors (Lipinski definition) is 6. The minimum Gasteiger partial charge on any atom is -0.351 e. The van der Waals surface area contributed by atoms with Crippen LogP contribution >= 0.6 is 0 Å². The van der Waals surface area contributed by atoms with Gasteiger partial charge < -0.3 is 10.2 Å². The van der Waals surface area contributed by atoms with Gasteiger partial charge in [-0.3, -0.25) is 19.6 Å². The standard InChI is InChI=1S/C17H27N7O3/c1-5-21(6-2)10-7-9-18-17(25)15-8-11-22(20-15)12-23-14(4)16(24(26)27)13(3)19-23/h8,11H,5-7,9-10,12H2,1-4H3,(H,18,25). The molecule has 0 bridgehead atoms. The van der Waals surface area contributed by atoms with Gasteiger partial charge in [0.25, 0.3) is 5.91 Å². The monoisotopic (exact) mass is 377 g/mol. The molecule has 0 radical (unpaired) electrons. The largest absolute Gasteiger partial charge is 0.351 e. The second-order valence-electron chi connectivity index (χ2n) is 6.29. The molecule has 0 spiro atoms. The van der Waals surface area contributed by atoms with Gasteiger partial charge in [-0.25, -0.2) is 4.68 Å². The van der Waals surface area contributed by atoms with Gasteiger partial charge >= 0.3 is 5.69 Å². The van der Waals surface area contributed by atoms with Crippen molar-refractivity contribution in [1.82, 2.24) is 29.8 Å². The highest BCUT2D eigenvalue weighted by molar-refractivity contribution is 5.92. The lowest BCUT2D eigenvalue weighted by Crippen LogP contribution is -2.30. The lowest BCUT2D eigenvalue weighted by molar-refractivity contribution is -0.386. The minimum atomic E-state index is -0.436. The minimum absolute atomic E-state index is 0.00771. The Morgan fingerprint density at radius 3 is 2.59 bits per heavy atom. The van der Waals surface area contributed by atoms with Crippen LogP contribution in [0.5, 0.6) is 0 Å². The van der Waals surface area contributed by atoms with Crippen molar-refractivity contribution < 1.29 is 9.72 Å². The van der Waals surface area contributed by atoms with Gasteiger partial charge in [0, 0.05) is 12.7 Å². The maximum Gasteiger partial charge on any atom is 0.312 e. The Hall–Kier alpha value is -2.75. The van der Waals surface area contributed by atoms with Crippen molar-refractivity contribution >= 4 is 11.6 Å². The third kappa shape index (κ3) is 5.13. The summed E-state index contributed by atoms with van der Waals surface area (Å²) in [6.07, 6.45) is 2.54. The number of nitrogens with one attached hydrogen (secondary N) is 1. The van der Waals surface area contributed by atoms with Crippen LogP contribution in [0.15, 0.2) is 12.3 Å². The smallest absolute Gasteiger partial charge is 0.312 e. The van der Waals surface area contributed by atoms with Crippen LogP contribution in [0.1, 0.15) is 42.1 Å². The molecule has 27 heavy (non-hydrogen) atoms. The molecule has 2 rings (SSSR count). The SMILES string of the molecule is CCN(CC)CCCNC(=O)c1ccn(Cn2nc(C)c([N+](=O)[O-])c2C)n1. The van der Waals surface area contributed by atoms with Gasteiger partial charge in [-0.1, -0.05) is 13.8 Å². The van der Waals surface area contributed by atoms with E-state index < -0.39 is 4.92 Å². The van der Waals surface area contributed by atoms with Crippen molar-refractivity contribution in [2.75, 3.05) is 26.2 Å². The van der Waals surface area contributed by atoms with Crippen molar-refractivity contribution in [3.8, 4) is 0 Å². The molecule has 0 aliphatic heterocycles. The number of aryl methyl sites for hydroxylation is 1. The molecule has 2 aromatic rings. The Morgan fingerprint density at radius 1 is 1.30 bits per heavy atom. The quantitative estimate of drug-likeness (QED) is 0.382. The lowest BCUT2D eigenvalue weighted by atomic mass is 10.3. The summed E-state index contributed by atoms with van der Waals surface area (Å²) in [6, 6.07) is 1.62. The van der Waals surface area contributed by atoms with Crippen LogP contribution in [-0.2, 0) is 6.67 Å². The Balaban J connectivity index is 1.92. The topological polar surface area (TPSA) is 111 Å². The number of aromatic nitrogens is 4. The molecule has 2 heterocycles. The van der Waals surface area contributed by atoms with Gasteiger partial charge in [0.1, 0.15) is 23.8 Å². The van der Waals surface area contributed by atoms with Gasteiger partial charge in [0.2, 0.25) is 0 Å². The van der Waals surface area contributed by atoms with E-state index in [1.165, 1.54) is 9.36 Å². The number of nitro groups is 1. The van der Waals surface area contributed by atoms with Gasteiger partial charge in [-0.15, -0.1) is 0 Å². The van der Waals surface area contributed by atoms with Crippen molar-refractivity contribution in [3.63, 3.8) is 0 Å². The van der Waals surface area contributed by atoms with Crippen molar-refractivity contribution in [3.05, 3.63) is 39.5 Å². The molecule has 148 valence electrons. The molecule has 0 aliphatic rings. The van der Waals surface area contributed by atoms with Crippen molar-refractivity contribution in [2.45, 2.75) is 40.8 Å². The molecule has 10 nitrogen and oxygen atoms in total. The number of hydrogen-bond donors (Lipinski definition) is 1. The summed E-state index contributed by atoms with van der Waals surface area (Å²) in [4.78, 5) is 25.1. The predicted molar refractivity (Wildman–Crippen MR) is 101 cm³/mol. The molecule has 2 aromatic heterocycles. The summed E-state index contributed by atoms with van der Waals surface area (Å²) >= 11 is 0. The number of carbonyl (C=O) groups is 1. The Morgan fingerprint density at radius 2 is 2.00 bits per heavy atom. The number of rotatable bonds is 10. The van der Waals surface area contributed by atoms with Gasteiger partial charge in [0.15, 0.2) is 0 Å². The number of nitrogens with zero attached hydrogens (tertiary/aromatic N) is 6. The zero-order valence-electron chi connectivity index (χ0n) is 16.3. The van der Waals surface area contributed by atoms with E-state index in [-0.39, 0.29) is 18.3 Å². The predicted octanol–water partition coefficient (Wildman–Crippen LogP) is 1.57. The summed E-state index contributed by atoms with van der Waals surface area (Å²) in [6.45, 7) is 11.2. The molecular formula is C17H27N7O3. The molecule has 0 fully saturated rings. The van der Waals surface area contributed by atoms with E-state index in [2.05, 4.69) is 34.3 Å². The molecule has 0 saturated carbocycles. The molecule has 0 atom stereocenters. The summed E-state index contributed by atoms with van der Waals surface area (Å²) in [7, 11) is 0. The highest BCUT2D eigenvalue weighted by atomic mass is 16.6. The van der Waals surface area contributed by atoms with Crippen LogP contribution in [0.4, 0.5) is 5.69 Å². The van der Waals surface area contributed by atoms with E-state index in [1.807, 2.05) is 0 Å². The summed E-state index contributed by atoms with van der Waals surface area (Å²) in [5.41, 5.74) is 1.13. The van der Waals surface area contributed by atoms with Crippen molar-refractivity contribution in [2.24, 2.45) is 0 Å². The fraction of sp³-hybridized carbons (Fsp3) is 0.588. The van der Waals surface area contributed by atoms with Crippen LogP contribution in [-0.4, -0.2) is 61.5 Å². The summed E-state index contributed by atoms with van der Waals surface area (Å²) in [5.74, 6) is -0.229. The van der Waals surface area contributed by atoms with E-state index in [9.17, 15) is 14.9 Å². The normalized spacial score (nSPS) is 11.1. The zero-order valence-corrected chi connectivity index (χ0v) is 16.3. The molecule has 0 saturated heterocycles. The van der Waals surface area contributed by atoms with Gasteiger partial charge in [-0.05, 0) is 46.0 Å². The molecule has 0 aliphatic carbocycles. The average molecular weight is 377 g/mol. The van der Waals surface area contributed by atoms with E-state index in [0.717, 1.165) is 26.1 Å². The fourth-order valence-corrected chi connectivity index (χ4v) is 2.92. The molecule has 0 aromatic carbocycles. The van der Waals surface area contributed by atoms with E-state index in [0.29, 0.717) is 23.6 Å². The molecule has 1 N–H and O–H groups in total. The van der Waals surface area contributed by atoms with E-state index >= 15 is 0 Å². The second kappa shape index (κ2) is 9.26. The lowest BCUT2D eigenvalue weighted by Gasteiger charge is -2.17. The maximum absolute atomic E-state index is 12.2. The third-order valence-corrected chi connectivity index (χ3v) is 4.51. The summed E-state index contributed by atoms with van der Waals surface area (Å²) < 4.78 is 3.04. The highest BCUT2D eigenvalue weighted by Gasteiger charge is 2.22.